The largest absolute Gasteiger partial charge is 0.393 e. The highest BCUT2D eigenvalue weighted by Gasteiger charge is 2.06. The molecule has 0 saturated carbocycles. The molecule has 1 aromatic carbocycles. The number of rotatable bonds is 6. The highest BCUT2D eigenvalue weighted by atomic mass is 19.1. The molecule has 0 heterocycles. The maximum Gasteiger partial charge on any atom is 0.129 e. The van der Waals surface area contributed by atoms with Crippen molar-refractivity contribution in [1.82, 2.24) is 0 Å². The quantitative estimate of drug-likeness (QED) is 0.790. The molecule has 0 aromatic heterocycles. The van der Waals surface area contributed by atoms with Gasteiger partial charge in [0.05, 0.1) is 6.10 Å². The van der Waals surface area contributed by atoms with Crippen molar-refractivity contribution in [1.29, 1.82) is 0 Å². The van der Waals surface area contributed by atoms with Crippen LogP contribution in [0.1, 0.15) is 38.2 Å². The van der Waals surface area contributed by atoms with Crippen LogP contribution < -0.4 is 0 Å². The number of hydrogen-bond donors (Lipinski definition) is 1. The smallest absolute Gasteiger partial charge is 0.129 e. The van der Waals surface area contributed by atoms with Crippen LogP contribution in [0.2, 0.25) is 0 Å². The van der Waals surface area contributed by atoms with Gasteiger partial charge in [-0.25, -0.2) is 8.78 Å². The summed E-state index contributed by atoms with van der Waals surface area (Å²) in [5, 5.41) is 9.49. The van der Waals surface area contributed by atoms with Gasteiger partial charge in [-0.15, -0.1) is 0 Å². The molecule has 0 aliphatic rings. The molecule has 0 fully saturated rings. The minimum Gasteiger partial charge on any atom is -0.393 e. The third kappa shape index (κ3) is 4.27. The van der Waals surface area contributed by atoms with Gasteiger partial charge in [0.15, 0.2) is 0 Å². The van der Waals surface area contributed by atoms with E-state index < -0.39 is 11.6 Å². The van der Waals surface area contributed by atoms with Crippen molar-refractivity contribution < 1.29 is 13.9 Å². The molecule has 1 rings (SSSR count). The number of aryl methyl sites for hydroxylation is 1. The van der Waals surface area contributed by atoms with Crippen molar-refractivity contribution in [3.05, 3.63) is 35.4 Å². The van der Waals surface area contributed by atoms with E-state index in [2.05, 4.69) is 0 Å². The summed E-state index contributed by atoms with van der Waals surface area (Å²) in [6.45, 7) is 2.02. The predicted molar refractivity (Wildman–Crippen MR) is 60.2 cm³/mol. The zero-order chi connectivity index (χ0) is 12.0. The van der Waals surface area contributed by atoms with E-state index in [1.807, 2.05) is 6.92 Å². The van der Waals surface area contributed by atoms with Gasteiger partial charge < -0.3 is 5.11 Å². The summed E-state index contributed by atoms with van der Waals surface area (Å²) in [5.41, 5.74) is 0.519. The lowest BCUT2D eigenvalue weighted by molar-refractivity contribution is 0.151. The minimum absolute atomic E-state index is 0.298. The van der Waals surface area contributed by atoms with Crippen molar-refractivity contribution in [3.8, 4) is 0 Å². The highest BCUT2D eigenvalue weighted by molar-refractivity contribution is 5.18. The van der Waals surface area contributed by atoms with Gasteiger partial charge in [-0.3, -0.25) is 0 Å². The van der Waals surface area contributed by atoms with Crippen LogP contribution >= 0.6 is 0 Å². The van der Waals surface area contributed by atoms with Crippen LogP contribution in [0.3, 0.4) is 0 Å². The number of aliphatic hydroxyl groups is 1. The van der Waals surface area contributed by atoms with E-state index in [1.165, 1.54) is 12.1 Å². The lowest BCUT2D eigenvalue weighted by Crippen LogP contribution is -2.06. The Morgan fingerprint density at radius 2 is 2.00 bits per heavy atom. The van der Waals surface area contributed by atoms with E-state index in [-0.39, 0.29) is 6.10 Å². The standard InChI is InChI=1S/C13H18F2O/c1-2-4-12(16)6-3-5-10-7-8-11(14)9-13(10)15/h7-9,12,16H,2-6H2,1H3. The Morgan fingerprint density at radius 1 is 1.25 bits per heavy atom. The summed E-state index contributed by atoms with van der Waals surface area (Å²) < 4.78 is 25.8. The second kappa shape index (κ2) is 6.59. The fourth-order valence-corrected chi connectivity index (χ4v) is 1.73. The lowest BCUT2D eigenvalue weighted by atomic mass is 10.0. The van der Waals surface area contributed by atoms with Gasteiger partial charge in [0.2, 0.25) is 0 Å². The van der Waals surface area contributed by atoms with Crippen molar-refractivity contribution in [2.75, 3.05) is 0 Å². The maximum absolute atomic E-state index is 13.2. The third-order valence-electron chi connectivity index (χ3n) is 2.62. The van der Waals surface area contributed by atoms with Crippen molar-refractivity contribution in [2.24, 2.45) is 0 Å². The SMILES string of the molecule is CCCC(O)CCCc1ccc(F)cc1F. The second-order valence-corrected chi connectivity index (χ2v) is 4.07. The number of aliphatic hydroxyl groups excluding tert-OH is 1. The molecule has 16 heavy (non-hydrogen) atoms. The molecule has 0 saturated heterocycles. The Labute approximate surface area is 95.1 Å². The zero-order valence-corrected chi connectivity index (χ0v) is 9.55. The molecule has 1 N–H and O–H groups in total. The molecule has 90 valence electrons. The van der Waals surface area contributed by atoms with Crippen LogP contribution in [0.5, 0.6) is 0 Å². The molecular weight excluding hydrogens is 210 g/mol. The second-order valence-electron chi connectivity index (χ2n) is 4.07. The van der Waals surface area contributed by atoms with Gasteiger partial charge in [0.25, 0.3) is 0 Å². The first kappa shape index (κ1) is 13.1. The Balaban J connectivity index is 2.37. The van der Waals surface area contributed by atoms with E-state index >= 15 is 0 Å². The van der Waals surface area contributed by atoms with Gasteiger partial charge in [0, 0.05) is 6.07 Å². The van der Waals surface area contributed by atoms with Gasteiger partial charge in [0.1, 0.15) is 11.6 Å². The Hall–Kier alpha value is -0.960. The van der Waals surface area contributed by atoms with Gasteiger partial charge >= 0.3 is 0 Å². The summed E-state index contributed by atoms with van der Waals surface area (Å²) in [5.74, 6) is -1.04. The van der Waals surface area contributed by atoms with E-state index in [1.54, 1.807) is 0 Å². The first-order chi connectivity index (χ1) is 7.63. The van der Waals surface area contributed by atoms with Crippen LogP contribution in [0, 0.1) is 11.6 Å². The predicted octanol–water partition coefficient (Wildman–Crippen LogP) is 3.45. The molecule has 0 amide bonds. The Kier molecular flexibility index (Phi) is 5.39. The highest BCUT2D eigenvalue weighted by Crippen LogP contribution is 2.14. The average Bonchev–Trinajstić information content (AvgIpc) is 2.22. The fraction of sp³-hybridized carbons (Fsp3) is 0.538. The molecule has 1 nitrogen and oxygen atoms in total. The average molecular weight is 228 g/mol. The number of hydrogen-bond acceptors (Lipinski definition) is 1. The summed E-state index contributed by atoms with van der Waals surface area (Å²) in [6.07, 6.45) is 3.38. The third-order valence-corrected chi connectivity index (χ3v) is 2.62. The van der Waals surface area contributed by atoms with Crippen LogP contribution in [0.25, 0.3) is 0 Å². The van der Waals surface area contributed by atoms with Gasteiger partial charge in [-0.1, -0.05) is 19.4 Å². The first-order valence-corrected chi connectivity index (χ1v) is 5.75. The summed E-state index contributed by atoms with van der Waals surface area (Å²) >= 11 is 0. The van der Waals surface area contributed by atoms with Crippen LogP contribution in [-0.4, -0.2) is 11.2 Å². The van der Waals surface area contributed by atoms with Crippen LogP contribution in [-0.2, 0) is 6.42 Å². The van der Waals surface area contributed by atoms with Gasteiger partial charge in [-0.2, -0.15) is 0 Å². The normalized spacial score (nSPS) is 12.8. The molecular formula is C13H18F2O. The monoisotopic (exact) mass is 228 g/mol. The Bertz CT molecular complexity index is 326. The van der Waals surface area contributed by atoms with Crippen molar-refractivity contribution >= 4 is 0 Å². The number of halogens is 2. The molecule has 1 unspecified atom stereocenters. The molecule has 0 spiro atoms. The topological polar surface area (TPSA) is 20.2 Å². The molecule has 0 aliphatic carbocycles. The van der Waals surface area contributed by atoms with E-state index in [0.717, 1.165) is 25.3 Å². The lowest BCUT2D eigenvalue weighted by Gasteiger charge is -2.09. The van der Waals surface area contributed by atoms with Crippen LogP contribution in [0.15, 0.2) is 18.2 Å². The maximum atomic E-state index is 13.2. The molecule has 1 aromatic rings. The summed E-state index contributed by atoms with van der Waals surface area (Å²) in [7, 11) is 0. The van der Waals surface area contributed by atoms with E-state index in [9.17, 15) is 13.9 Å². The van der Waals surface area contributed by atoms with Gasteiger partial charge in [-0.05, 0) is 37.3 Å². The van der Waals surface area contributed by atoms with Crippen LogP contribution in [0.4, 0.5) is 8.78 Å². The van der Waals surface area contributed by atoms with E-state index in [4.69, 9.17) is 0 Å². The minimum atomic E-state index is -0.549. The van der Waals surface area contributed by atoms with Crippen molar-refractivity contribution in [3.63, 3.8) is 0 Å². The summed E-state index contributed by atoms with van der Waals surface area (Å²) in [6, 6.07) is 3.63. The molecule has 0 aliphatic heterocycles. The molecule has 0 bridgehead atoms. The fourth-order valence-electron chi connectivity index (χ4n) is 1.73. The number of benzene rings is 1. The van der Waals surface area contributed by atoms with E-state index in [0.29, 0.717) is 18.4 Å². The summed E-state index contributed by atoms with van der Waals surface area (Å²) in [4.78, 5) is 0. The first-order valence-electron chi connectivity index (χ1n) is 5.75. The zero-order valence-electron chi connectivity index (χ0n) is 9.55. The van der Waals surface area contributed by atoms with Crippen molar-refractivity contribution in [2.45, 2.75) is 45.1 Å². The Morgan fingerprint density at radius 3 is 2.62 bits per heavy atom. The molecule has 1 atom stereocenters. The molecule has 0 radical (unpaired) electrons. The molecule has 3 heteroatoms.